The number of carbonyl (C=O) groups excluding carboxylic acids is 1. The van der Waals surface area contributed by atoms with Crippen LogP contribution in [0.3, 0.4) is 0 Å². The maximum atomic E-state index is 11.4. The number of rotatable bonds is 4. The fourth-order valence-electron chi connectivity index (χ4n) is 3.45. The minimum atomic E-state index is -0.338. The Morgan fingerprint density at radius 3 is 2.46 bits per heavy atom. The molecule has 1 aliphatic carbocycles. The molecular formula is C24H32O2. The highest BCUT2D eigenvalue weighted by atomic mass is 16.5. The number of ether oxygens (including phenoxy) is 1. The van der Waals surface area contributed by atoms with Crippen molar-refractivity contribution in [3.63, 3.8) is 0 Å². The molecule has 0 saturated heterocycles. The summed E-state index contributed by atoms with van der Waals surface area (Å²) in [4.78, 5) is 11.4. The number of methoxy groups -OCH3 is 1. The summed E-state index contributed by atoms with van der Waals surface area (Å²) < 4.78 is 4.68. The number of esters is 1. The van der Waals surface area contributed by atoms with E-state index in [1.807, 2.05) is 19.1 Å². The van der Waals surface area contributed by atoms with E-state index < -0.39 is 0 Å². The van der Waals surface area contributed by atoms with Gasteiger partial charge in [-0.15, -0.1) is 0 Å². The van der Waals surface area contributed by atoms with Crippen LogP contribution in [0.2, 0.25) is 0 Å². The zero-order chi connectivity index (χ0) is 19.7. The van der Waals surface area contributed by atoms with E-state index in [1.165, 1.54) is 41.9 Å². The molecule has 0 bridgehead atoms. The molecule has 0 atom stereocenters. The van der Waals surface area contributed by atoms with Crippen LogP contribution in [0.1, 0.15) is 70.2 Å². The number of carbonyl (C=O) groups is 1. The van der Waals surface area contributed by atoms with Crippen molar-refractivity contribution < 1.29 is 9.53 Å². The minimum absolute atomic E-state index is 0.0904. The second-order valence-corrected chi connectivity index (χ2v) is 8.95. The fraction of sp³-hybridized carbons (Fsp3) is 0.458. The Kier molecular flexibility index (Phi) is 5.65. The maximum absolute atomic E-state index is 11.4. The molecule has 2 nitrogen and oxygen atoms in total. The van der Waals surface area contributed by atoms with Crippen LogP contribution in [-0.2, 0) is 26.8 Å². The summed E-state index contributed by atoms with van der Waals surface area (Å²) >= 11 is 0. The molecule has 1 aromatic carbocycles. The lowest BCUT2D eigenvalue weighted by molar-refractivity contribution is -0.134. The molecule has 0 aliphatic heterocycles. The summed E-state index contributed by atoms with van der Waals surface area (Å²) in [7, 11) is 1.39. The van der Waals surface area contributed by atoms with Crippen molar-refractivity contribution >= 4 is 11.5 Å². The Bertz CT molecular complexity index is 783. The van der Waals surface area contributed by atoms with Gasteiger partial charge in [0.15, 0.2) is 0 Å². The van der Waals surface area contributed by atoms with E-state index in [4.69, 9.17) is 0 Å². The zero-order valence-corrected chi connectivity index (χ0v) is 17.3. The molecule has 0 aromatic heterocycles. The lowest BCUT2D eigenvalue weighted by atomic mass is 9.79. The van der Waals surface area contributed by atoms with E-state index in [1.54, 1.807) is 0 Å². The predicted molar refractivity (Wildman–Crippen MR) is 110 cm³/mol. The number of benzene rings is 1. The molecule has 26 heavy (non-hydrogen) atoms. The van der Waals surface area contributed by atoms with Crippen molar-refractivity contribution in [3.8, 4) is 0 Å². The Labute approximate surface area is 158 Å². The third kappa shape index (κ3) is 4.35. The number of fused-ring (bicyclic) bond motifs is 1. The SMILES string of the molecule is C=C(/C=C/C(C)=C/C(=O)OC)c1cc(C(C)(C)C)cc2c1CCC2(C)C. The van der Waals surface area contributed by atoms with Crippen molar-refractivity contribution in [2.24, 2.45) is 0 Å². The normalized spacial score (nSPS) is 16.7. The highest BCUT2D eigenvalue weighted by Gasteiger charge is 2.33. The highest BCUT2D eigenvalue weighted by Crippen LogP contribution is 2.43. The summed E-state index contributed by atoms with van der Waals surface area (Å²) in [6.07, 6.45) is 7.67. The smallest absolute Gasteiger partial charge is 0.330 e. The van der Waals surface area contributed by atoms with Crippen LogP contribution in [0.5, 0.6) is 0 Å². The third-order valence-electron chi connectivity index (χ3n) is 5.29. The summed E-state index contributed by atoms with van der Waals surface area (Å²) in [5.41, 5.74) is 7.59. The summed E-state index contributed by atoms with van der Waals surface area (Å²) in [6, 6.07) is 4.69. The Morgan fingerprint density at radius 2 is 1.88 bits per heavy atom. The van der Waals surface area contributed by atoms with Gasteiger partial charge >= 0.3 is 5.97 Å². The van der Waals surface area contributed by atoms with Gasteiger partial charge in [0.05, 0.1) is 7.11 Å². The van der Waals surface area contributed by atoms with Crippen molar-refractivity contribution in [1.29, 1.82) is 0 Å². The molecule has 0 unspecified atom stereocenters. The summed E-state index contributed by atoms with van der Waals surface area (Å²) in [5.74, 6) is -0.338. The quantitative estimate of drug-likeness (QED) is 0.383. The van der Waals surface area contributed by atoms with Crippen LogP contribution >= 0.6 is 0 Å². The van der Waals surface area contributed by atoms with Gasteiger partial charge in [-0.2, -0.15) is 0 Å². The first kappa shape index (κ1) is 20.2. The second kappa shape index (κ2) is 7.26. The van der Waals surface area contributed by atoms with Gasteiger partial charge in [-0.1, -0.05) is 65.5 Å². The van der Waals surface area contributed by atoms with E-state index in [9.17, 15) is 4.79 Å². The number of hydrogen-bond acceptors (Lipinski definition) is 2. The van der Waals surface area contributed by atoms with Crippen LogP contribution in [-0.4, -0.2) is 13.1 Å². The molecule has 1 aliphatic rings. The zero-order valence-electron chi connectivity index (χ0n) is 17.3. The van der Waals surface area contributed by atoms with Gasteiger partial charge in [0, 0.05) is 6.08 Å². The number of allylic oxidation sites excluding steroid dienone is 4. The van der Waals surface area contributed by atoms with Gasteiger partial charge in [0.2, 0.25) is 0 Å². The molecule has 2 heteroatoms. The molecule has 140 valence electrons. The standard InChI is InChI=1S/C24H32O2/c1-16(13-22(25)26-8)9-10-17(2)20-14-18(23(3,4)5)15-21-19(20)11-12-24(21,6)7/h9-10,13-15H,2,11-12H2,1,3-8H3/b10-9+,16-13+. The van der Waals surface area contributed by atoms with Crippen molar-refractivity contribution in [2.45, 2.75) is 65.2 Å². The largest absolute Gasteiger partial charge is 0.466 e. The van der Waals surface area contributed by atoms with E-state index >= 15 is 0 Å². The minimum Gasteiger partial charge on any atom is -0.466 e. The van der Waals surface area contributed by atoms with Crippen LogP contribution in [0.4, 0.5) is 0 Å². The molecule has 0 amide bonds. The van der Waals surface area contributed by atoms with Crippen LogP contribution in [0.15, 0.2) is 42.5 Å². The first-order valence-electron chi connectivity index (χ1n) is 9.27. The van der Waals surface area contributed by atoms with Gasteiger partial charge < -0.3 is 4.74 Å². The lowest BCUT2D eigenvalue weighted by Crippen LogP contribution is -2.17. The van der Waals surface area contributed by atoms with Crippen LogP contribution in [0.25, 0.3) is 5.57 Å². The third-order valence-corrected chi connectivity index (χ3v) is 5.29. The average molecular weight is 353 g/mol. The predicted octanol–water partition coefficient (Wildman–Crippen LogP) is 5.90. The summed E-state index contributed by atoms with van der Waals surface area (Å²) in [6.45, 7) is 17.6. The first-order chi connectivity index (χ1) is 12.0. The van der Waals surface area contributed by atoms with Gasteiger partial charge in [-0.25, -0.2) is 4.79 Å². The maximum Gasteiger partial charge on any atom is 0.330 e. The molecule has 0 heterocycles. The van der Waals surface area contributed by atoms with Gasteiger partial charge in [0.25, 0.3) is 0 Å². The molecule has 0 radical (unpaired) electrons. The molecule has 0 saturated carbocycles. The van der Waals surface area contributed by atoms with Gasteiger partial charge in [0.1, 0.15) is 0 Å². The molecule has 0 fully saturated rings. The molecule has 2 rings (SSSR count). The van der Waals surface area contributed by atoms with Crippen molar-refractivity contribution in [3.05, 3.63) is 64.8 Å². The Hall–Kier alpha value is -2.09. The van der Waals surface area contributed by atoms with Crippen LogP contribution < -0.4 is 0 Å². The second-order valence-electron chi connectivity index (χ2n) is 8.95. The monoisotopic (exact) mass is 352 g/mol. The highest BCUT2D eigenvalue weighted by molar-refractivity contribution is 5.83. The lowest BCUT2D eigenvalue weighted by Gasteiger charge is -2.26. The Morgan fingerprint density at radius 1 is 1.23 bits per heavy atom. The van der Waals surface area contributed by atoms with Crippen molar-refractivity contribution in [1.82, 2.24) is 0 Å². The molecular weight excluding hydrogens is 320 g/mol. The van der Waals surface area contributed by atoms with E-state index in [0.717, 1.165) is 17.6 Å². The summed E-state index contributed by atoms with van der Waals surface area (Å²) in [5, 5.41) is 0. The van der Waals surface area contributed by atoms with E-state index in [-0.39, 0.29) is 16.8 Å². The molecule has 1 aromatic rings. The van der Waals surface area contributed by atoms with Crippen LogP contribution in [0, 0.1) is 0 Å². The van der Waals surface area contributed by atoms with E-state index in [0.29, 0.717) is 0 Å². The first-order valence-corrected chi connectivity index (χ1v) is 9.27. The van der Waals surface area contributed by atoms with Crippen molar-refractivity contribution in [2.75, 3.05) is 7.11 Å². The average Bonchev–Trinajstić information content (AvgIpc) is 2.86. The molecule has 0 N–H and O–H groups in total. The topological polar surface area (TPSA) is 26.3 Å². The molecule has 0 spiro atoms. The Balaban J connectivity index is 2.46. The van der Waals surface area contributed by atoms with Gasteiger partial charge in [-0.3, -0.25) is 0 Å². The van der Waals surface area contributed by atoms with Gasteiger partial charge in [-0.05, 0) is 64.0 Å². The van der Waals surface area contributed by atoms with E-state index in [2.05, 4.69) is 58.1 Å². The fourth-order valence-corrected chi connectivity index (χ4v) is 3.45. The number of hydrogen-bond donors (Lipinski definition) is 0.